The van der Waals surface area contributed by atoms with E-state index in [0.29, 0.717) is 31.5 Å². The number of benzene rings is 5. The molecule has 1 aliphatic heterocycles. The fourth-order valence-electron chi connectivity index (χ4n) is 6.05. The summed E-state index contributed by atoms with van der Waals surface area (Å²) in [6.45, 7) is 1.74. The lowest BCUT2D eigenvalue weighted by molar-refractivity contribution is -0.275. The number of hydrogen-bond donors (Lipinski definition) is 0. The zero-order valence-electron chi connectivity index (χ0n) is 27.3. The summed E-state index contributed by atoms with van der Waals surface area (Å²) in [6.07, 6.45) is -2.57. The highest BCUT2D eigenvalue weighted by molar-refractivity contribution is 6.31. The first-order valence-corrected chi connectivity index (χ1v) is 16.9. The van der Waals surface area contributed by atoms with Crippen LogP contribution in [0.1, 0.15) is 39.5 Å². The quantitative estimate of drug-likeness (QED) is 0.111. The fourth-order valence-corrected chi connectivity index (χ4v) is 6.23. The Morgan fingerprint density at radius 1 is 0.571 bits per heavy atom. The van der Waals surface area contributed by atoms with E-state index in [4.69, 9.17) is 35.3 Å². The maximum atomic E-state index is 9.53. The van der Waals surface area contributed by atoms with Crippen LogP contribution in [0, 0.1) is 11.3 Å². The zero-order chi connectivity index (χ0) is 33.7. The number of nitriles is 1. The van der Waals surface area contributed by atoms with Crippen LogP contribution >= 0.6 is 11.6 Å². The largest absolute Gasteiger partial charge is 0.374 e. The molecule has 7 heteroatoms. The average Bonchev–Trinajstić information content (AvgIpc) is 3.15. The molecule has 0 bridgehead atoms. The van der Waals surface area contributed by atoms with E-state index in [9.17, 15) is 5.26 Å². The average molecular weight is 674 g/mol. The molecule has 6 rings (SSSR count). The molecule has 0 aromatic heterocycles. The summed E-state index contributed by atoms with van der Waals surface area (Å²) in [7, 11) is 0. The number of hydrogen-bond acceptors (Lipinski definition) is 6. The highest BCUT2D eigenvalue weighted by Gasteiger charge is 2.49. The molecular weight excluding hydrogens is 634 g/mol. The van der Waals surface area contributed by atoms with E-state index in [-0.39, 0.29) is 13.0 Å². The fraction of sp³-hybridized carbons (Fsp3) is 0.262. The van der Waals surface area contributed by atoms with Crippen molar-refractivity contribution in [2.45, 2.75) is 63.4 Å². The second-order valence-corrected chi connectivity index (χ2v) is 12.5. The highest BCUT2D eigenvalue weighted by atomic mass is 35.5. The van der Waals surface area contributed by atoms with Crippen LogP contribution in [-0.2, 0) is 56.5 Å². The SMILES string of the molecule is N#CCc1cc([C@@H]2O[C@H](COCc3ccccc3)[C@@H](OCc3ccccc3)C(OCc3ccccc3)C2OCc2ccccc2)ccc1Cl. The first-order chi connectivity index (χ1) is 24.2. The number of ether oxygens (including phenoxy) is 5. The van der Waals surface area contributed by atoms with Crippen LogP contribution < -0.4 is 0 Å². The van der Waals surface area contributed by atoms with Crippen LogP contribution in [0.15, 0.2) is 140 Å². The minimum absolute atomic E-state index is 0.176. The van der Waals surface area contributed by atoms with Crippen LogP contribution in [0.2, 0.25) is 5.02 Å². The number of nitrogens with zero attached hydrogens (tertiary/aromatic N) is 1. The molecule has 2 unspecified atom stereocenters. The predicted octanol–water partition coefficient (Wildman–Crippen LogP) is 8.82. The van der Waals surface area contributed by atoms with Gasteiger partial charge in [-0.05, 0) is 39.4 Å². The van der Waals surface area contributed by atoms with Gasteiger partial charge < -0.3 is 23.7 Å². The third-order valence-electron chi connectivity index (χ3n) is 8.55. The molecule has 1 heterocycles. The molecule has 0 radical (unpaired) electrons. The van der Waals surface area contributed by atoms with Gasteiger partial charge in [0.05, 0.1) is 45.5 Å². The first kappa shape index (κ1) is 34.5. The van der Waals surface area contributed by atoms with Gasteiger partial charge in [-0.1, -0.05) is 145 Å². The Balaban J connectivity index is 1.37. The van der Waals surface area contributed by atoms with Gasteiger partial charge in [0.2, 0.25) is 0 Å². The smallest absolute Gasteiger partial charge is 0.117 e. The Labute approximate surface area is 293 Å². The second kappa shape index (κ2) is 17.9. The van der Waals surface area contributed by atoms with Crippen molar-refractivity contribution in [2.24, 2.45) is 0 Å². The molecule has 1 fully saturated rings. The van der Waals surface area contributed by atoms with Gasteiger partial charge in [-0.15, -0.1) is 0 Å². The van der Waals surface area contributed by atoms with Gasteiger partial charge in [0, 0.05) is 5.02 Å². The third kappa shape index (κ3) is 9.65. The van der Waals surface area contributed by atoms with E-state index in [0.717, 1.165) is 33.4 Å². The summed E-state index contributed by atoms with van der Waals surface area (Å²) in [5.74, 6) is 0. The lowest BCUT2D eigenvalue weighted by Crippen LogP contribution is -2.58. The maximum absolute atomic E-state index is 9.53. The molecule has 0 N–H and O–H groups in total. The second-order valence-electron chi connectivity index (χ2n) is 12.1. The standard InChI is InChI=1S/C42H40ClNO5/c43-37-22-21-36(25-35(37)23-24-44)39-41(47-28-33-17-9-3-10-18-33)42(48-29-34-19-11-4-12-20-34)40(46-27-32-15-7-2-8-16-32)38(49-39)30-45-26-31-13-5-1-6-14-31/h1-22,25,38-42H,23,26-30H2/t38-,39+,40-,41?,42?/m1/s1. The van der Waals surface area contributed by atoms with Crippen molar-refractivity contribution in [3.8, 4) is 6.07 Å². The van der Waals surface area contributed by atoms with Crippen LogP contribution in [0.4, 0.5) is 0 Å². The van der Waals surface area contributed by atoms with Gasteiger partial charge in [-0.25, -0.2) is 0 Å². The van der Waals surface area contributed by atoms with E-state index < -0.39 is 30.5 Å². The molecule has 49 heavy (non-hydrogen) atoms. The van der Waals surface area contributed by atoms with Gasteiger partial charge in [0.1, 0.15) is 30.5 Å². The van der Waals surface area contributed by atoms with E-state index in [1.54, 1.807) is 0 Å². The van der Waals surface area contributed by atoms with E-state index >= 15 is 0 Å². The lowest BCUT2D eigenvalue weighted by atomic mass is 9.89. The molecule has 250 valence electrons. The van der Waals surface area contributed by atoms with E-state index in [1.807, 2.05) is 140 Å². The van der Waals surface area contributed by atoms with Gasteiger partial charge in [0.15, 0.2) is 0 Å². The Morgan fingerprint density at radius 2 is 1.04 bits per heavy atom. The lowest BCUT2D eigenvalue weighted by Gasteiger charge is -2.46. The van der Waals surface area contributed by atoms with Crippen LogP contribution in [0.5, 0.6) is 0 Å². The molecule has 0 amide bonds. The van der Waals surface area contributed by atoms with Crippen molar-refractivity contribution in [2.75, 3.05) is 6.61 Å². The minimum atomic E-state index is -0.578. The summed E-state index contributed by atoms with van der Waals surface area (Å²) in [4.78, 5) is 0. The maximum Gasteiger partial charge on any atom is 0.117 e. The van der Waals surface area contributed by atoms with Crippen molar-refractivity contribution < 1.29 is 23.7 Å². The summed E-state index contributed by atoms with van der Waals surface area (Å²) in [5.41, 5.74) is 5.74. The minimum Gasteiger partial charge on any atom is -0.374 e. The Hall–Kier alpha value is -4.32. The molecule has 1 aliphatic rings. The zero-order valence-corrected chi connectivity index (χ0v) is 28.0. The summed E-state index contributed by atoms with van der Waals surface area (Å²) in [6, 6.07) is 48.2. The summed E-state index contributed by atoms with van der Waals surface area (Å²) in [5, 5.41) is 10.1. The summed E-state index contributed by atoms with van der Waals surface area (Å²) >= 11 is 6.53. The molecule has 6 nitrogen and oxygen atoms in total. The molecule has 0 saturated carbocycles. The van der Waals surface area contributed by atoms with E-state index in [1.165, 1.54) is 0 Å². The van der Waals surface area contributed by atoms with Crippen molar-refractivity contribution in [3.05, 3.63) is 178 Å². The molecule has 1 saturated heterocycles. The van der Waals surface area contributed by atoms with E-state index in [2.05, 4.69) is 6.07 Å². The van der Waals surface area contributed by atoms with Crippen LogP contribution in [0.25, 0.3) is 0 Å². The number of halogens is 1. The topological polar surface area (TPSA) is 69.9 Å². The normalized spacial score (nSPS) is 20.4. The van der Waals surface area contributed by atoms with Crippen molar-refractivity contribution in [1.82, 2.24) is 0 Å². The molecular formula is C42H40ClNO5. The molecule has 5 aromatic rings. The number of rotatable bonds is 15. The van der Waals surface area contributed by atoms with Crippen molar-refractivity contribution in [3.63, 3.8) is 0 Å². The molecule has 5 atom stereocenters. The molecule has 0 spiro atoms. The molecule has 0 aliphatic carbocycles. The molecule has 5 aromatic carbocycles. The predicted molar refractivity (Wildman–Crippen MR) is 190 cm³/mol. The Morgan fingerprint density at radius 3 is 1.55 bits per heavy atom. The van der Waals surface area contributed by atoms with Gasteiger partial charge >= 0.3 is 0 Å². The van der Waals surface area contributed by atoms with Gasteiger partial charge in [-0.3, -0.25) is 0 Å². The Bertz CT molecular complexity index is 1750. The van der Waals surface area contributed by atoms with Crippen LogP contribution in [-0.4, -0.2) is 31.0 Å². The third-order valence-corrected chi connectivity index (χ3v) is 8.92. The summed E-state index contributed by atoms with van der Waals surface area (Å²) < 4.78 is 33.7. The monoisotopic (exact) mass is 673 g/mol. The van der Waals surface area contributed by atoms with Crippen molar-refractivity contribution >= 4 is 11.6 Å². The van der Waals surface area contributed by atoms with Crippen LogP contribution in [0.3, 0.4) is 0 Å². The van der Waals surface area contributed by atoms with Gasteiger partial charge in [-0.2, -0.15) is 5.26 Å². The highest BCUT2D eigenvalue weighted by Crippen LogP contribution is 2.39. The van der Waals surface area contributed by atoms with Gasteiger partial charge in [0.25, 0.3) is 0 Å². The Kier molecular flexibility index (Phi) is 12.6. The first-order valence-electron chi connectivity index (χ1n) is 16.6. The van der Waals surface area contributed by atoms with Crippen molar-refractivity contribution in [1.29, 1.82) is 5.26 Å².